The van der Waals surface area contributed by atoms with Gasteiger partial charge in [-0.3, -0.25) is 9.11 Å². The summed E-state index contributed by atoms with van der Waals surface area (Å²) in [6.07, 6.45) is 1.70. The molecule has 0 aromatic carbocycles. The van der Waals surface area contributed by atoms with Crippen LogP contribution in [0.25, 0.3) is 0 Å². The third-order valence-corrected chi connectivity index (χ3v) is 3.87. The molecule has 0 atom stereocenters. The molecule has 0 saturated carbocycles. The van der Waals surface area contributed by atoms with Crippen LogP contribution in [0, 0.1) is 0 Å². The quantitative estimate of drug-likeness (QED) is 0.782. The van der Waals surface area contributed by atoms with Gasteiger partial charge in [0.05, 0.1) is 0 Å². The molecule has 0 spiro atoms. The summed E-state index contributed by atoms with van der Waals surface area (Å²) in [5, 5.41) is 0. The zero-order valence-corrected chi connectivity index (χ0v) is 9.37. The van der Waals surface area contributed by atoms with Crippen LogP contribution in [0.5, 0.6) is 0 Å². The van der Waals surface area contributed by atoms with Crippen molar-refractivity contribution < 1.29 is 4.21 Å². The van der Waals surface area contributed by atoms with Crippen molar-refractivity contribution in [3.8, 4) is 0 Å². The van der Waals surface area contributed by atoms with Crippen molar-refractivity contribution in [1.82, 2.24) is 9.88 Å². The average molecular weight is 225 g/mol. The minimum atomic E-state index is -0.613. The molecule has 1 fully saturated rings. The van der Waals surface area contributed by atoms with E-state index in [4.69, 9.17) is 5.73 Å². The lowest BCUT2D eigenvalue weighted by molar-refractivity contribution is 0.292. The van der Waals surface area contributed by atoms with Crippen molar-refractivity contribution in [3.05, 3.63) is 23.9 Å². The SMILES string of the molecule is Nc1ncccc1CN1CCS(=O)CC1. The minimum absolute atomic E-state index is 0.601. The van der Waals surface area contributed by atoms with Crippen molar-refractivity contribution in [1.29, 1.82) is 0 Å². The zero-order valence-electron chi connectivity index (χ0n) is 8.56. The first kappa shape index (κ1) is 10.6. The van der Waals surface area contributed by atoms with Crippen LogP contribution in [0.3, 0.4) is 0 Å². The Labute approximate surface area is 91.9 Å². The summed E-state index contributed by atoms with van der Waals surface area (Å²) in [5.41, 5.74) is 6.83. The van der Waals surface area contributed by atoms with E-state index in [0.29, 0.717) is 5.82 Å². The Morgan fingerprint density at radius 3 is 2.87 bits per heavy atom. The third-order valence-electron chi connectivity index (χ3n) is 2.59. The highest BCUT2D eigenvalue weighted by Gasteiger charge is 2.15. The Balaban J connectivity index is 1.97. The van der Waals surface area contributed by atoms with Gasteiger partial charge in [-0.2, -0.15) is 0 Å². The van der Waals surface area contributed by atoms with E-state index in [2.05, 4.69) is 9.88 Å². The molecule has 1 aromatic heterocycles. The first-order valence-corrected chi connectivity index (χ1v) is 6.51. The summed E-state index contributed by atoms with van der Waals surface area (Å²) in [4.78, 5) is 6.32. The molecule has 5 heteroatoms. The van der Waals surface area contributed by atoms with E-state index in [0.717, 1.165) is 36.7 Å². The monoisotopic (exact) mass is 225 g/mol. The van der Waals surface area contributed by atoms with Gasteiger partial charge in [0.1, 0.15) is 5.82 Å². The van der Waals surface area contributed by atoms with E-state index in [1.54, 1.807) is 6.20 Å². The molecule has 0 unspecified atom stereocenters. The van der Waals surface area contributed by atoms with Gasteiger partial charge in [0.2, 0.25) is 0 Å². The lowest BCUT2D eigenvalue weighted by atomic mass is 10.2. The summed E-state index contributed by atoms with van der Waals surface area (Å²) in [7, 11) is -0.613. The van der Waals surface area contributed by atoms with Gasteiger partial charge in [-0.05, 0) is 6.07 Å². The van der Waals surface area contributed by atoms with Crippen molar-refractivity contribution in [2.75, 3.05) is 30.3 Å². The molecule has 0 radical (unpaired) electrons. The lowest BCUT2D eigenvalue weighted by Gasteiger charge is -2.26. The number of nitrogens with zero attached hydrogens (tertiary/aromatic N) is 2. The minimum Gasteiger partial charge on any atom is -0.383 e. The summed E-state index contributed by atoms with van der Waals surface area (Å²) < 4.78 is 11.2. The number of rotatable bonds is 2. The molecule has 1 aromatic rings. The molecule has 2 N–H and O–H groups in total. The number of anilines is 1. The fourth-order valence-corrected chi connectivity index (χ4v) is 2.79. The van der Waals surface area contributed by atoms with E-state index in [1.807, 2.05) is 12.1 Å². The van der Waals surface area contributed by atoms with Crippen LogP contribution in [0.15, 0.2) is 18.3 Å². The van der Waals surface area contributed by atoms with E-state index >= 15 is 0 Å². The van der Waals surface area contributed by atoms with E-state index in [9.17, 15) is 4.21 Å². The van der Waals surface area contributed by atoms with Crippen molar-refractivity contribution in [2.45, 2.75) is 6.54 Å². The van der Waals surface area contributed by atoms with Crippen LogP contribution < -0.4 is 5.73 Å². The summed E-state index contributed by atoms with van der Waals surface area (Å²) in [5.74, 6) is 2.16. The maximum absolute atomic E-state index is 11.2. The molecule has 82 valence electrons. The molecule has 2 heterocycles. The van der Waals surface area contributed by atoms with Gasteiger partial charge in [0.25, 0.3) is 0 Å². The van der Waals surface area contributed by atoms with Gasteiger partial charge >= 0.3 is 0 Å². The molecule has 0 amide bonds. The Bertz CT molecular complexity index is 359. The second-order valence-corrected chi connectivity index (χ2v) is 5.37. The average Bonchev–Trinajstić information content (AvgIpc) is 2.25. The Kier molecular flexibility index (Phi) is 3.33. The van der Waals surface area contributed by atoms with Crippen LogP contribution in [-0.2, 0) is 17.3 Å². The number of hydrogen-bond acceptors (Lipinski definition) is 4. The van der Waals surface area contributed by atoms with Gasteiger partial charge in [0, 0.05) is 53.7 Å². The molecule has 2 rings (SSSR count). The second-order valence-electron chi connectivity index (χ2n) is 3.67. The lowest BCUT2D eigenvalue weighted by Crippen LogP contribution is -2.37. The van der Waals surface area contributed by atoms with Gasteiger partial charge in [-0.25, -0.2) is 4.98 Å². The van der Waals surface area contributed by atoms with Gasteiger partial charge in [0.15, 0.2) is 0 Å². The number of aromatic nitrogens is 1. The fourth-order valence-electron chi connectivity index (χ4n) is 1.66. The van der Waals surface area contributed by atoms with Gasteiger partial charge in [-0.15, -0.1) is 0 Å². The predicted molar refractivity (Wildman–Crippen MR) is 61.8 cm³/mol. The molecule has 15 heavy (non-hydrogen) atoms. The number of pyridine rings is 1. The molecule has 1 aliphatic rings. The maximum Gasteiger partial charge on any atom is 0.127 e. The fraction of sp³-hybridized carbons (Fsp3) is 0.500. The molecule has 0 bridgehead atoms. The van der Waals surface area contributed by atoms with Crippen molar-refractivity contribution in [3.63, 3.8) is 0 Å². The predicted octanol–water partition coefficient (Wildman–Crippen LogP) is 0.228. The highest BCUT2D eigenvalue weighted by Crippen LogP contribution is 2.12. The van der Waals surface area contributed by atoms with Crippen LogP contribution in [0.1, 0.15) is 5.56 Å². The highest BCUT2D eigenvalue weighted by atomic mass is 32.2. The molecular formula is C10H15N3OS. The summed E-state index contributed by atoms with van der Waals surface area (Å²) >= 11 is 0. The third kappa shape index (κ3) is 2.76. The van der Waals surface area contributed by atoms with Crippen LogP contribution in [0.4, 0.5) is 5.82 Å². The summed E-state index contributed by atoms with van der Waals surface area (Å²) in [6.45, 7) is 2.60. The van der Waals surface area contributed by atoms with E-state index in [1.165, 1.54) is 0 Å². The molecule has 4 nitrogen and oxygen atoms in total. The van der Waals surface area contributed by atoms with E-state index < -0.39 is 10.8 Å². The van der Waals surface area contributed by atoms with Gasteiger partial charge < -0.3 is 5.73 Å². The summed E-state index contributed by atoms with van der Waals surface area (Å²) in [6, 6.07) is 3.89. The topological polar surface area (TPSA) is 59.2 Å². The molecule has 1 saturated heterocycles. The van der Waals surface area contributed by atoms with E-state index in [-0.39, 0.29) is 0 Å². The van der Waals surface area contributed by atoms with Crippen molar-refractivity contribution in [2.24, 2.45) is 0 Å². The standard InChI is InChI=1S/C10H15N3OS/c11-10-9(2-1-3-12-10)8-13-4-6-15(14)7-5-13/h1-3H,4-8H2,(H2,11,12). The number of nitrogens with two attached hydrogens (primary N) is 1. The first-order valence-electron chi connectivity index (χ1n) is 5.02. The smallest absolute Gasteiger partial charge is 0.127 e. The Hall–Kier alpha value is -0.940. The van der Waals surface area contributed by atoms with Crippen molar-refractivity contribution >= 4 is 16.6 Å². The molecule has 0 aliphatic carbocycles. The Morgan fingerprint density at radius 1 is 1.47 bits per heavy atom. The Morgan fingerprint density at radius 2 is 2.20 bits per heavy atom. The number of hydrogen-bond donors (Lipinski definition) is 1. The van der Waals surface area contributed by atoms with Crippen LogP contribution in [0.2, 0.25) is 0 Å². The number of nitrogen functional groups attached to an aromatic ring is 1. The highest BCUT2D eigenvalue weighted by molar-refractivity contribution is 7.85. The molecule has 1 aliphatic heterocycles. The van der Waals surface area contributed by atoms with Crippen LogP contribution >= 0.6 is 0 Å². The molecular weight excluding hydrogens is 210 g/mol. The maximum atomic E-state index is 11.2. The van der Waals surface area contributed by atoms with Gasteiger partial charge in [-0.1, -0.05) is 6.07 Å². The second kappa shape index (κ2) is 4.72. The first-order chi connectivity index (χ1) is 7.25. The normalized spacial score (nSPS) is 19.2. The zero-order chi connectivity index (χ0) is 10.7. The van der Waals surface area contributed by atoms with Crippen LogP contribution in [-0.4, -0.2) is 38.7 Å². The largest absolute Gasteiger partial charge is 0.383 e.